The minimum atomic E-state index is -0.367. The molecule has 0 amide bonds. The van der Waals surface area contributed by atoms with E-state index >= 15 is 0 Å². The Morgan fingerprint density at radius 2 is 2.00 bits per heavy atom. The standard InChI is InChI=1S/C14H19N3O2/c1-10-4-6-12(7-5-10)14-15-13(16-19-14)9-17(3)8-11(2)18/h4-7,11,18H,8-9H2,1-3H3. The molecule has 1 unspecified atom stereocenters. The molecule has 1 aromatic carbocycles. The number of aliphatic hydroxyl groups is 1. The van der Waals surface area contributed by atoms with E-state index in [4.69, 9.17) is 4.52 Å². The number of aromatic nitrogens is 2. The highest BCUT2D eigenvalue weighted by Crippen LogP contribution is 2.17. The summed E-state index contributed by atoms with van der Waals surface area (Å²) in [5.74, 6) is 1.15. The van der Waals surface area contributed by atoms with Crippen molar-refractivity contribution in [3.63, 3.8) is 0 Å². The fourth-order valence-electron chi connectivity index (χ4n) is 1.89. The molecule has 0 radical (unpaired) electrons. The van der Waals surface area contributed by atoms with Gasteiger partial charge in [0.15, 0.2) is 5.82 Å². The van der Waals surface area contributed by atoms with E-state index in [9.17, 15) is 5.11 Å². The Labute approximate surface area is 112 Å². The van der Waals surface area contributed by atoms with Gasteiger partial charge in [-0.15, -0.1) is 0 Å². The summed E-state index contributed by atoms with van der Waals surface area (Å²) >= 11 is 0. The number of hydrogen-bond acceptors (Lipinski definition) is 5. The van der Waals surface area contributed by atoms with Gasteiger partial charge in [0.1, 0.15) is 0 Å². The third-order valence-corrected chi connectivity index (χ3v) is 2.75. The van der Waals surface area contributed by atoms with Crippen LogP contribution in [0.25, 0.3) is 11.5 Å². The van der Waals surface area contributed by atoms with E-state index in [1.165, 1.54) is 5.56 Å². The van der Waals surface area contributed by atoms with Crippen LogP contribution in [-0.4, -0.2) is 39.8 Å². The first-order valence-electron chi connectivity index (χ1n) is 6.31. The molecule has 2 aromatic rings. The van der Waals surface area contributed by atoms with Gasteiger partial charge in [-0.25, -0.2) is 0 Å². The average Bonchev–Trinajstić information content (AvgIpc) is 2.77. The first-order valence-corrected chi connectivity index (χ1v) is 6.31. The molecule has 1 atom stereocenters. The maximum atomic E-state index is 9.30. The topological polar surface area (TPSA) is 62.4 Å². The van der Waals surface area contributed by atoms with Gasteiger partial charge < -0.3 is 9.63 Å². The first-order chi connectivity index (χ1) is 9.04. The van der Waals surface area contributed by atoms with Crippen molar-refractivity contribution in [3.8, 4) is 11.5 Å². The molecule has 1 heterocycles. The lowest BCUT2D eigenvalue weighted by Crippen LogP contribution is -2.27. The second kappa shape index (κ2) is 5.95. The van der Waals surface area contributed by atoms with Gasteiger partial charge in [0.2, 0.25) is 0 Å². The number of nitrogens with zero attached hydrogens (tertiary/aromatic N) is 3. The highest BCUT2D eigenvalue weighted by atomic mass is 16.5. The van der Waals surface area contributed by atoms with Crippen LogP contribution in [0.4, 0.5) is 0 Å². The van der Waals surface area contributed by atoms with Crippen LogP contribution in [-0.2, 0) is 6.54 Å². The van der Waals surface area contributed by atoms with Crippen molar-refractivity contribution in [3.05, 3.63) is 35.7 Å². The fraction of sp³-hybridized carbons (Fsp3) is 0.429. The van der Waals surface area contributed by atoms with Gasteiger partial charge in [0.05, 0.1) is 12.6 Å². The smallest absolute Gasteiger partial charge is 0.257 e. The van der Waals surface area contributed by atoms with Gasteiger partial charge in [-0.05, 0) is 33.0 Å². The molecule has 0 aliphatic rings. The zero-order chi connectivity index (χ0) is 13.8. The molecule has 0 saturated heterocycles. The van der Waals surface area contributed by atoms with Crippen LogP contribution in [0.2, 0.25) is 0 Å². The third kappa shape index (κ3) is 3.87. The van der Waals surface area contributed by atoms with Gasteiger partial charge in [-0.2, -0.15) is 4.98 Å². The highest BCUT2D eigenvalue weighted by Gasteiger charge is 2.11. The molecule has 2 rings (SSSR count). The molecule has 0 spiro atoms. The van der Waals surface area contributed by atoms with Crippen molar-refractivity contribution in [2.24, 2.45) is 0 Å². The van der Waals surface area contributed by atoms with E-state index in [0.29, 0.717) is 24.8 Å². The van der Waals surface area contributed by atoms with Gasteiger partial charge in [0, 0.05) is 12.1 Å². The molecule has 5 heteroatoms. The molecule has 0 bridgehead atoms. The van der Waals surface area contributed by atoms with E-state index < -0.39 is 0 Å². The Kier molecular flexibility index (Phi) is 4.29. The van der Waals surface area contributed by atoms with E-state index in [0.717, 1.165) is 5.56 Å². The summed E-state index contributed by atoms with van der Waals surface area (Å²) in [5, 5.41) is 13.3. The van der Waals surface area contributed by atoms with Gasteiger partial charge in [-0.1, -0.05) is 22.9 Å². The second-order valence-electron chi connectivity index (χ2n) is 4.93. The fourth-order valence-corrected chi connectivity index (χ4v) is 1.89. The van der Waals surface area contributed by atoms with Crippen LogP contribution >= 0.6 is 0 Å². The molecular formula is C14H19N3O2. The van der Waals surface area contributed by atoms with Crippen LogP contribution in [0.3, 0.4) is 0 Å². The zero-order valence-corrected chi connectivity index (χ0v) is 11.5. The Morgan fingerprint density at radius 3 is 2.63 bits per heavy atom. The normalized spacial score (nSPS) is 12.9. The number of aliphatic hydroxyl groups excluding tert-OH is 1. The lowest BCUT2D eigenvalue weighted by Gasteiger charge is -2.15. The van der Waals surface area contributed by atoms with Crippen molar-refractivity contribution < 1.29 is 9.63 Å². The maximum absolute atomic E-state index is 9.30. The monoisotopic (exact) mass is 261 g/mol. The summed E-state index contributed by atoms with van der Waals surface area (Å²) in [4.78, 5) is 6.31. The third-order valence-electron chi connectivity index (χ3n) is 2.75. The summed E-state index contributed by atoms with van der Waals surface area (Å²) in [6, 6.07) is 7.95. The lowest BCUT2D eigenvalue weighted by atomic mass is 10.1. The second-order valence-corrected chi connectivity index (χ2v) is 4.93. The number of benzene rings is 1. The molecule has 5 nitrogen and oxygen atoms in total. The summed E-state index contributed by atoms with van der Waals surface area (Å²) in [6.45, 7) is 4.92. The summed E-state index contributed by atoms with van der Waals surface area (Å²) in [6.07, 6.45) is -0.367. The number of likely N-dealkylation sites (N-methyl/N-ethyl adjacent to an activating group) is 1. The lowest BCUT2D eigenvalue weighted by molar-refractivity contribution is 0.136. The molecular weight excluding hydrogens is 242 g/mol. The van der Waals surface area contributed by atoms with Gasteiger partial charge in [0.25, 0.3) is 5.89 Å². The Bertz CT molecular complexity index is 520. The van der Waals surface area contributed by atoms with Crippen LogP contribution in [0.15, 0.2) is 28.8 Å². The maximum Gasteiger partial charge on any atom is 0.257 e. The Balaban J connectivity index is 2.04. The Hall–Kier alpha value is -1.72. The van der Waals surface area contributed by atoms with Crippen molar-refractivity contribution >= 4 is 0 Å². The molecule has 0 aliphatic carbocycles. The van der Waals surface area contributed by atoms with Gasteiger partial charge in [-0.3, -0.25) is 4.90 Å². The van der Waals surface area contributed by atoms with E-state index in [2.05, 4.69) is 10.1 Å². The van der Waals surface area contributed by atoms with E-state index in [1.807, 2.05) is 43.1 Å². The van der Waals surface area contributed by atoms with Crippen LogP contribution in [0.5, 0.6) is 0 Å². The average molecular weight is 261 g/mol. The van der Waals surface area contributed by atoms with Crippen molar-refractivity contribution in [2.75, 3.05) is 13.6 Å². The van der Waals surface area contributed by atoms with Crippen LogP contribution in [0.1, 0.15) is 18.3 Å². The molecule has 0 aliphatic heterocycles. The van der Waals surface area contributed by atoms with Crippen LogP contribution in [0, 0.1) is 6.92 Å². The molecule has 0 fully saturated rings. The highest BCUT2D eigenvalue weighted by molar-refractivity contribution is 5.53. The summed E-state index contributed by atoms with van der Waals surface area (Å²) < 4.78 is 5.25. The molecule has 1 aromatic heterocycles. The SMILES string of the molecule is Cc1ccc(-c2nc(CN(C)CC(C)O)no2)cc1. The quantitative estimate of drug-likeness (QED) is 0.890. The predicted octanol–water partition coefficient (Wildman–Crippen LogP) is 1.86. The number of aryl methyl sites for hydroxylation is 1. The van der Waals surface area contributed by atoms with E-state index in [1.54, 1.807) is 6.92 Å². The first kappa shape index (κ1) is 13.7. The molecule has 0 saturated carbocycles. The summed E-state index contributed by atoms with van der Waals surface area (Å²) in [5.41, 5.74) is 2.11. The molecule has 102 valence electrons. The predicted molar refractivity (Wildman–Crippen MR) is 72.5 cm³/mol. The summed E-state index contributed by atoms with van der Waals surface area (Å²) in [7, 11) is 1.91. The number of rotatable bonds is 5. The van der Waals surface area contributed by atoms with E-state index in [-0.39, 0.29) is 6.10 Å². The molecule has 19 heavy (non-hydrogen) atoms. The minimum Gasteiger partial charge on any atom is -0.392 e. The van der Waals surface area contributed by atoms with Crippen molar-refractivity contribution in [1.29, 1.82) is 0 Å². The van der Waals surface area contributed by atoms with Crippen molar-refractivity contribution in [1.82, 2.24) is 15.0 Å². The Morgan fingerprint density at radius 1 is 1.32 bits per heavy atom. The van der Waals surface area contributed by atoms with Crippen LogP contribution < -0.4 is 0 Å². The van der Waals surface area contributed by atoms with Gasteiger partial charge >= 0.3 is 0 Å². The number of hydrogen-bond donors (Lipinski definition) is 1. The largest absolute Gasteiger partial charge is 0.392 e. The molecule has 1 N–H and O–H groups in total. The van der Waals surface area contributed by atoms with Crippen molar-refractivity contribution in [2.45, 2.75) is 26.5 Å². The zero-order valence-electron chi connectivity index (χ0n) is 11.5. The minimum absolute atomic E-state index is 0.367.